The molecule has 6 heteroatoms. The Kier molecular flexibility index (Phi) is 6.87. The van der Waals surface area contributed by atoms with E-state index in [1.165, 1.54) is 6.26 Å². The predicted octanol–water partition coefficient (Wildman–Crippen LogP) is 3.38. The highest BCUT2D eigenvalue weighted by atomic mass is 32.2. The number of sulfonamides is 1. The number of nitrogens with one attached hydrogen (secondary N) is 1. The average molecular weight is 413 g/mol. The molecule has 2 unspecified atom stereocenters. The van der Waals surface area contributed by atoms with E-state index < -0.39 is 10.0 Å². The Hall–Kier alpha value is -2.44. The van der Waals surface area contributed by atoms with Gasteiger partial charge in [0.15, 0.2) is 0 Å². The van der Waals surface area contributed by atoms with E-state index in [-0.39, 0.29) is 18.0 Å². The van der Waals surface area contributed by atoms with Crippen molar-refractivity contribution in [2.75, 3.05) is 12.8 Å². The van der Waals surface area contributed by atoms with Crippen molar-refractivity contribution in [1.82, 2.24) is 9.62 Å². The zero-order valence-electron chi connectivity index (χ0n) is 16.8. The number of benzene rings is 2. The highest BCUT2D eigenvalue weighted by Crippen LogP contribution is 2.26. The molecule has 5 nitrogen and oxygen atoms in total. The van der Waals surface area contributed by atoms with Crippen molar-refractivity contribution in [3.63, 3.8) is 0 Å². The van der Waals surface area contributed by atoms with Crippen molar-refractivity contribution >= 4 is 15.9 Å². The standard InChI is InChI=1S/C23H28N2O3S/c1-3-4-13-23(26)25-15-14-21(24-29(2,27)28)22(25)17-18-9-8-12-20(16-18)19-10-6-5-7-11-19/h3,5-12,16,21-22,24H,1,4,13-15,17H2,2H3. The van der Waals surface area contributed by atoms with Crippen LogP contribution in [0.1, 0.15) is 24.8 Å². The van der Waals surface area contributed by atoms with Crippen molar-refractivity contribution in [1.29, 1.82) is 0 Å². The number of amides is 1. The molecule has 0 aliphatic carbocycles. The van der Waals surface area contributed by atoms with Gasteiger partial charge in [0.2, 0.25) is 15.9 Å². The van der Waals surface area contributed by atoms with Crippen LogP contribution in [0.5, 0.6) is 0 Å². The van der Waals surface area contributed by atoms with Gasteiger partial charge in [0.05, 0.1) is 12.3 Å². The smallest absolute Gasteiger partial charge is 0.223 e. The molecule has 1 heterocycles. The molecule has 1 N–H and O–H groups in total. The van der Waals surface area contributed by atoms with Crippen molar-refractivity contribution in [3.8, 4) is 11.1 Å². The number of carbonyl (C=O) groups is 1. The number of allylic oxidation sites excluding steroid dienone is 1. The van der Waals surface area contributed by atoms with Crippen molar-refractivity contribution < 1.29 is 13.2 Å². The number of nitrogens with zero attached hydrogens (tertiary/aromatic N) is 1. The minimum Gasteiger partial charge on any atom is -0.338 e. The third-order valence-corrected chi connectivity index (χ3v) is 6.00. The van der Waals surface area contributed by atoms with Crippen LogP contribution < -0.4 is 4.72 Å². The zero-order valence-corrected chi connectivity index (χ0v) is 17.6. The third-order valence-electron chi connectivity index (χ3n) is 5.27. The van der Waals surface area contributed by atoms with E-state index in [2.05, 4.69) is 35.6 Å². The van der Waals surface area contributed by atoms with Gasteiger partial charge in [-0.05, 0) is 36.0 Å². The molecule has 29 heavy (non-hydrogen) atoms. The molecule has 3 rings (SSSR count). The predicted molar refractivity (Wildman–Crippen MR) is 117 cm³/mol. The van der Waals surface area contributed by atoms with Crippen LogP contribution in [-0.2, 0) is 21.2 Å². The molecule has 0 bridgehead atoms. The maximum absolute atomic E-state index is 12.7. The number of likely N-dealkylation sites (tertiary alicyclic amines) is 1. The lowest BCUT2D eigenvalue weighted by atomic mass is 9.97. The maximum atomic E-state index is 12.7. The van der Waals surface area contributed by atoms with Gasteiger partial charge in [-0.25, -0.2) is 13.1 Å². The van der Waals surface area contributed by atoms with Crippen LogP contribution in [-0.4, -0.2) is 44.1 Å². The van der Waals surface area contributed by atoms with Crippen LogP contribution in [0.3, 0.4) is 0 Å². The molecule has 154 valence electrons. The summed E-state index contributed by atoms with van der Waals surface area (Å²) in [6.45, 7) is 4.25. The van der Waals surface area contributed by atoms with E-state index in [0.717, 1.165) is 16.7 Å². The summed E-state index contributed by atoms with van der Waals surface area (Å²) < 4.78 is 26.4. The molecule has 2 atom stereocenters. The van der Waals surface area contributed by atoms with Crippen LogP contribution in [0, 0.1) is 0 Å². The first kappa shape index (κ1) is 21.3. The molecular weight excluding hydrogens is 384 g/mol. The van der Waals surface area contributed by atoms with Gasteiger partial charge in [0.1, 0.15) is 0 Å². The lowest BCUT2D eigenvalue weighted by molar-refractivity contribution is -0.132. The Morgan fingerprint density at radius 1 is 1.17 bits per heavy atom. The van der Waals surface area contributed by atoms with Gasteiger partial charge in [-0.2, -0.15) is 0 Å². The lowest BCUT2D eigenvalue weighted by Crippen LogP contribution is -2.47. The molecule has 0 saturated carbocycles. The van der Waals surface area contributed by atoms with Gasteiger partial charge < -0.3 is 4.90 Å². The Morgan fingerprint density at radius 3 is 2.59 bits per heavy atom. The maximum Gasteiger partial charge on any atom is 0.223 e. The van der Waals surface area contributed by atoms with Crippen LogP contribution in [0.25, 0.3) is 11.1 Å². The monoisotopic (exact) mass is 412 g/mol. The quantitative estimate of drug-likeness (QED) is 0.676. The van der Waals surface area contributed by atoms with Crippen molar-refractivity contribution in [3.05, 3.63) is 72.8 Å². The molecule has 1 fully saturated rings. The van der Waals surface area contributed by atoms with E-state index in [1.54, 1.807) is 6.08 Å². The van der Waals surface area contributed by atoms with Crippen molar-refractivity contribution in [2.24, 2.45) is 0 Å². The summed E-state index contributed by atoms with van der Waals surface area (Å²) >= 11 is 0. The summed E-state index contributed by atoms with van der Waals surface area (Å²) in [6.07, 6.45) is 5.15. The molecule has 1 aliphatic rings. The highest BCUT2D eigenvalue weighted by Gasteiger charge is 2.37. The van der Waals surface area contributed by atoms with Gasteiger partial charge in [-0.15, -0.1) is 6.58 Å². The summed E-state index contributed by atoms with van der Waals surface area (Å²) in [5, 5.41) is 0. The Morgan fingerprint density at radius 2 is 1.90 bits per heavy atom. The van der Waals surface area contributed by atoms with Gasteiger partial charge in [-0.3, -0.25) is 4.79 Å². The summed E-state index contributed by atoms with van der Waals surface area (Å²) in [4.78, 5) is 14.5. The van der Waals surface area contributed by atoms with Gasteiger partial charge >= 0.3 is 0 Å². The Bertz CT molecular complexity index is 957. The minimum absolute atomic E-state index is 0.0481. The van der Waals surface area contributed by atoms with E-state index in [4.69, 9.17) is 0 Å². The van der Waals surface area contributed by atoms with Gasteiger partial charge in [0.25, 0.3) is 0 Å². The third kappa shape index (κ3) is 5.78. The molecular formula is C23H28N2O3S. The Labute approximate surface area is 173 Å². The average Bonchev–Trinajstić information content (AvgIpc) is 3.07. The van der Waals surface area contributed by atoms with E-state index in [0.29, 0.717) is 32.2 Å². The Balaban J connectivity index is 1.84. The molecule has 1 amide bonds. The summed E-state index contributed by atoms with van der Waals surface area (Å²) in [5.74, 6) is 0.0481. The van der Waals surface area contributed by atoms with E-state index in [9.17, 15) is 13.2 Å². The fourth-order valence-electron chi connectivity index (χ4n) is 3.95. The summed E-state index contributed by atoms with van der Waals surface area (Å²) in [6, 6.07) is 17.9. The zero-order chi connectivity index (χ0) is 20.9. The largest absolute Gasteiger partial charge is 0.338 e. The SMILES string of the molecule is C=CCCC(=O)N1CCC(NS(C)(=O)=O)C1Cc1cccc(-c2ccccc2)c1. The van der Waals surface area contributed by atoms with Crippen molar-refractivity contribution in [2.45, 2.75) is 37.8 Å². The van der Waals surface area contributed by atoms with Crippen LogP contribution in [0.2, 0.25) is 0 Å². The normalized spacial score (nSPS) is 19.3. The summed E-state index contributed by atoms with van der Waals surface area (Å²) in [7, 11) is -3.35. The first-order chi connectivity index (χ1) is 13.9. The molecule has 0 radical (unpaired) electrons. The van der Waals surface area contributed by atoms with Crippen LogP contribution >= 0.6 is 0 Å². The number of hydrogen-bond donors (Lipinski definition) is 1. The fraction of sp³-hybridized carbons (Fsp3) is 0.348. The second-order valence-electron chi connectivity index (χ2n) is 7.54. The molecule has 0 aromatic heterocycles. The topological polar surface area (TPSA) is 66.5 Å². The van der Waals surface area contributed by atoms with Gasteiger partial charge in [-0.1, -0.05) is 60.7 Å². The number of carbonyl (C=O) groups excluding carboxylic acids is 1. The van der Waals surface area contributed by atoms with Crippen LogP contribution in [0.15, 0.2) is 67.3 Å². The second kappa shape index (κ2) is 9.37. The molecule has 0 spiro atoms. The van der Waals surface area contributed by atoms with E-state index >= 15 is 0 Å². The highest BCUT2D eigenvalue weighted by molar-refractivity contribution is 7.88. The lowest BCUT2D eigenvalue weighted by Gasteiger charge is -2.29. The number of rotatable bonds is 8. The molecule has 1 saturated heterocycles. The van der Waals surface area contributed by atoms with Crippen LogP contribution in [0.4, 0.5) is 0 Å². The second-order valence-corrected chi connectivity index (χ2v) is 9.32. The first-order valence-corrected chi connectivity index (χ1v) is 11.8. The van der Waals surface area contributed by atoms with E-state index in [1.807, 2.05) is 35.2 Å². The summed E-state index contributed by atoms with van der Waals surface area (Å²) in [5.41, 5.74) is 3.32. The minimum atomic E-state index is -3.35. The molecule has 2 aromatic rings. The fourth-order valence-corrected chi connectivity index (χ4v) is 4.77. The van der Waals surface area contributed by atoms with Gasteiger partial charge in [0, 0.05) is 19.0 Å². The molecule has 2 aromatic carbocycles. The first-order valence-electron chi connectivity index (χ1n) is 9.89. The number of hydrogen-bond acceptors (Lipinski definition) is 3. The molecule has 1 aliphatic heterocycles.